The zero-order valence-electron chi connectivity index (χ0n) is 29.1. The molecule has 0 saturated carbocycles. The summed E-state index contributed by atoms with van der Waals surface area (Å²) in [6.07, 6.45) is 0. The van der Waals surface area contributed by atoms with Crippen LogP contribution in [0, 0.1) is 27.7 Å². The lowest BCUT2D eigenvalue weighted by molar-refractivity contribution is -0.130. The van der Waals surface area contributed by atoms with E-state index < -0.39 is 5.97 Å². The van der Waals surface area contributed by atoms with Gasteiger partial charge in [-0.3, -0.25) is 14.4 Å². The summed E-state index contributed by atoms with van der Waals surface area (Å²) in [7, 11) is 3.89. The van der Waals surface area contributed by atoms with Gasteiger partial charge in [-0.2, -0.15) is 0 Å². The number of hydrogen-bond acceptors (Lipinski definition) is 5. The van der Waals surface area contributed by atoms with Crippen LogP contribution < -0.4 is 20.9 Å². The second kappa shape index (κ2) is 13.7. The van der Waals surface area contributed by atoms with E-state index >= 15 is 0 Å². The minimum Gasteiger partial charge on any atom is -0.478 e. The molecule has 4 heterocycles. The molecule has 258 valence electrons. The molecule has 0 unspecified atom stereocenters. The van der Waals surface area contributed by atoms with Gasteiger partial charge in [0.05, 0.1) is 33.7 Å². The molecular formula is C40H38N6O5. The summed E-state index contributed by atoms with van der Waals surface area (Å²) in [5, 5.41) is 18.2. The summed E-state index contributed by atoms with van der Waals surface area (Å²) >= 11 is 0. The van der Waals surface area contributed by atoms with Crippen molar-refractivity contribution in [1.82, 2.24) is 9.97 Å². The largest absolute Gasteiger partial charge is 0.478 e. The van der Waals surface area contributed by atoms with Gasteiger partial charge in [-0.05, 0) is 81.3 Å². The van der Waals surface area contributed by atoms with Crippen LogP contribution in [0.4, 0.5) is 22.7 Å². The number of hydrogen-bond donors (Lipinski definition) is 6. The Balaban J connectivity index is 0.000000187. The number of anilines is 4. The monoisotopic (exact) mass is 682 g/mol. The molecule has 0 fully saturated rings. The maximum absolute atomic E-state index is 13.5. The number of aromatic nitrogens is 2. The molecule has 5 aromatic rings. The van der Waals surface area contributed by atoms with Crippen LogP contribution in [-0.4, -0.2) is 52.9 Å². The number of carbonyl (C=O) groups is 4. The highest BCUT2D eigenvalue weighted by molar-refractivity contribution is 6.47. The van der Waals surface area contributed by atoms with Gasteiger partial charge in [-0.1, -0.05) is 42.5 Å². The number of amides is 3. The molecule has 6 N–H and O–H groups in total. The zero-order valence-corrected chi connectivity index (χ0v) is 29.1. The fourth-order valence-electron chi connectivity index (χ4n) is 6.45. The highest BCUT2D eigenvalue weighted by atomic mass is 16.4. The zero-order chi connectivity index (χ0) is 36.6. The molecule has 3 aromatic carbocycles. The van der Waals surface area contributed by atoms with E-state index in [1.54, 1.807) is 24.3 Å². The van der Waals surface area contributed by atoms with Crippen molar-refractivity contribution < 1.29 is 24.3 Å². The standard InChI is InChI=1S/C24H24N4O2.C16H14N2O3/c1-14-12-15(2)25-22(14)21(20-18-10-5-6-11-19(18)27-23(20)29)24(30)26-16-8-7-9-17(13-16)28(3)4;1-8-7-9(2)17-14(8)13(16(20)21)12-10-5-3-4-6-11(10)18-15(12)19/h5-13,25H,1-4H3,(H,26,30)(H,27,29);3-7,17H,1-2H3,(H,18,19)(H,20,21). The molecule has 2 aliphatic heterocycles. The van der Waals surface area contributed by atoms with Crippen LogP contribution in [0.25, 0.3) is 22.3 Å². The van der Waals surface area contributed by atoms with E-state index in [0.717, 1.165) is 33.8 Å². The lowest BCUT2D eigenvalue weighted by Gasteiger charge is -2.15. The second-order valence-corrected chi connectivity index (χ2v) is 12.7. The smallest absolute Gasteiger partial charge is 0.338 e. The molecule has 3 amide bonds. The summed E-state index contributed by atoms with van der Waals surface area (Å²) in [4.78, 5) is 58.6. The first kappa shape index (κ1) is 34.3. The molecule has 0 saturated heterocycles. The average molecular weight is 683 g/mol. The van der Waals surface area contributed by atoms with Gasteiger partial charge in [0, 0.05) is 59.4 Å². The molecule has 0 aliphatic carbocycles. The first-order valence-corrected chi connectivity index (χ1v) is 16.3. The molecule has 0 atom stereocenters. The Kier molecular flexibility index (Phi) is 9.21. The minimum absolute atomic E-state index is 0.00282. The molecule has 11 heteroatoms. The third-order valence-corrected chi connectivity index (χ3v) is 8.70. The number of aromatic amines is 2. The van der Waals surface area contributed by atoms with Crippen LogP contribution in [0.2, 0.25) is 0 Å². The van der Waals surface area contributed by atoms with Gasteiger partial charge in [0.15, 0.2) is 0 Å². The Labute approximate surface area is 295 Å². The molecule has 2 aliphatic rings. The van der Waals surface area contributed by atoms with E-state index in [1.165, 1.54) is 0 Å². The first-order chi connectivity index (χ1) is 24.3. The topological polar surface area (TPSA) is 159 Å². The minimum atomic E-state index is -1.12. The molecule has 51 heavy (non-hydrogen) atoms. The predicted molar refractivity (Wildman–Crippen MR) is 201 cm³/mol. The van der Waals surface area contributed by atoms with Crippen LogP contribution >= 0.6 is 0 Å². The summed E-state index contributed by atoms with van der Waals surface area (Å²) in [6.45, 7) is 7.53. The number of carboxylic acid groups (broad SMARTS) is 1. The van der Waals surface area contributed by atoms with Gasteiger partial charge in [0.1, 0.15) is 0 Å². The molecule has 11 nitrogen and oxygen atoms in total. The van der Waals surface area contributed by atoms with Crippen molar-refractivity contribution in [2.45, 2.75) is 27.7 Å². The van der Waals surface area contributed by atoms with Crippen molar-refractivity contribution in [1.29, 1.82) is 0 Å². The van der Waals surface area contributed by atoms with Gasteiger partial charge in [-0.25, -0.2) is 4.79 Å². The molecule has 0 spiro atoms. The number of rotatable bonds is 6. The number of benzene rings is 3. The number of carbonyl (C=O) groups excluding carboxylic acids is 3. The van der Waals surface area contributed by atoms with Gasteiger partial charge < -0.3 is 35.9 Å². The van der Waals surface area contributed by atoms with Crippen molar-refractivity contribution in [2.24, 2.45) is 0 Å². The maximum atomic E-state index is 13.5. The number of nitrogens with zero attached hydrogens (tertiary/aromatic N) is 1. The van der Waals surface area contributed by atoms with E-state index in [1.807, 2.05) is 107 Å². The number of H-pyrrole nitrogens is 2. The number of aliphatic carboxylic acids is 1. The van der Waals surface area contributed by atoms with Crippen molar-refractivity contribution in [3.8, 4) is 0 Å². The van der Waals surface area contributed by atoms with Crippen LogP contribution in [-0.2, 0) is 19.2 Å². The van der Waals surface area contributed by atoms with Gasteiger partial charge in [0.25, 0.3) is 17.7 Å². The van der Waals surface area contributed by atoms with Crippen molar-refractivity contribution in [2.75, 3.05) is 34.9 Å². The quantitative estimate of drug-likeness (QED) is 0.108. The number of aryl methyl sites for hydroxylation is 4. The predicted octanol–water partition coefficient (Wildman–Crippen LogP) is 6.78. The lowest BCUT2D eigenvalue weighted by Crippen LogP contribution is -2.19. The summed E-state index contributed by atoms with van der Waals surface area (Å²) in [5.41, 5.74) is 9.83. The Hall–Kier alpha value is -6.62. The van der Waals surface area contributed by atoms with Crippen LogP contribution in [0.1, 0.15) is 45.0 Å². The highest BCUT2D eigenvalue weighted by Gasteiger charge is 2.33. The van der Waals surface area contributed by atoms with Gasteiger partial charge in [-0.15, -0.1) is 0 Å². The van der Waals surface area contributed by atoms with E-state index in [-0.39, 0.29) is 28.9 Å². The molecule has 7 rings (SSSR count). The molecule has 0 radical (unpaired) electrons. The van der Waals surface area contributed by atoms with Gasteiger partial charge >= 0.3 is 5.97 Å². The van der Waals surface area contributed by atoms with E-state index in [9.17, 15) is 24.3 Å². The summed E-state index contributed by atoms with van der Waals surface area (Å²) in [5.74, 6) is -2.13. The number of para-hydroxylation sites is 2. The number of fused-ring (bicyclic) bond motifs is 2. The molecule has 2 aromatic heterocycles. The third kappa shape index (κ3) is 6.69. The van der Waals surface area contributed by atoms with Crippen LogP contribution in [0.15, 0.2) is 84.9 Å². The Morgan fingerprint density at radius 3 is 1.61 bits per heavy atom. The Morgan fingerprint density at radius 1 is 0.647 bits per heavy atom. The second-order valence-electron chi connectivity index (χ2n) is 12.7. The van der Waals surface area contributed by atoms with E-state index in [2.05, 4.69) is 25.9 Å². The fourth-order valence-corrected chi connectivity index (χ4v) is 6.45. The normalized spacial score (nSPS) is 14.8. The SMILES string of the molecule is Cc1cc(C)c(C(C(=O)Nc2cccc(N(C)C)c2)=C2C(=O)Nc3ccccc32)[nH]1.Cc1cc(C)c(C(C(=O)O)=C2C(=O)Nc3ccccc32)[nH]1. The fraction of sp³-hybridized carbons (Fsp3) is 0.150. The van der Waals surface area contributed by atoms with Crippen LogP contribution in [0.5, 0.6) is 0 Å². The van der Waals surface area contributed by atoms with Crippen LogP contribution in [0.3, 0.4) is 0 Å². The number of nitrogens with one attached hydrogen (secondary N) is 5. The summed E-state index contributed by atoms with van der Waals surface area (Å²) < 4.78 is 0. The maximum Gasteiger partial charge on any atom is 0.338 e. The number of carboxylic acids is 1. The van der Waals surface area contributed by atoms with Crippen molar-refractivity contribution in [3.05, 3.63) is 130 Å². The Morgan fingerprint density at radius 2 is 1.14 bits per heavy atom. The van der Waals surface area contributed by atoms with Crippen molar-refractivity contribution >= 4 is 68.7 Å². The molecular weight excluding hydrogens is 644 g/mol. The van der Waals surface area contributed by atoms with E-state index in [4.69, 9.17) is 0 Å². The highest BCUT2D eigenvalue weighted by Crippen LogP contribution is 2.39. The van der Waals surface area contributed by atoms with E-state index in [0.29, 0.717) is 45.2 Å². The molecule has 0 bridgehead atoms. The third-order valence-electron chi connectivity index (χ3n) is 8.70. The summed E-state index contributed by atoms with van der Waals surface area (Å²) in [6, 6.07) is 25.9. The Bertz CT molecular complexity index is 2300. The first-order valence-electron chi connectivity index (χ1n) is 16.3. The van der Waals surface area contributed by atoms with Crippen molar-refractivity contribution in [3.63, 3.8) is 0 Å². The lowest BCUT2D eigenvalue weighted by atomic mass is 9.96. The average Bonchev–Trinajstić information content (AvgIpc) is 3.80. The van der Waals surface area contributed by atoms with Gasteiger partial charge in [0.2, 0.25) is 0 Å².